The average molecular weight is 537 g/mol. The van der Waals surface area contributed by atoms with Gasteiger partial charge in [0.05, 0.1) is 22.0 Å². The molecule has 4 N–H and O–H groups in total. The Hall–Kier alpha value is -3.38. The van der Waals surface area contributed by atoms with E-state index in [4.69, 9.17) is 4.98 Å². The second kappa shape index (κ2) is 10.4. The predicted octanol–water partition coefficient (Wildman–Crippen LogP) is 2.54. The number of fused-ring (bicyclic) bond motifs is 1. The van der Waals surface area contributed by atoms with E-state index in [1.807, 2.05) is 12.1 Å². The third-order valence-corrected chi connectivity index (χ3v) is 8.64. The zero-order valence-corrected chi connectivity index (χ0v) is 22.1. The number of carbonyl (C=O) groups is 3. The lowest BCUT2D eigenvalue weighted by Crippen LogP contribution is -2.42. The van der Waals surface area contributed by atoms with E-state index < -0.39 is 11.9 Å². The molecular formula is C26H32N8O3S. The number of hydrogen-bond acceptors (Lipinski definition) is 8. The van der Waals surface area contributed by atoms with Crippen LogP contribution in [-0.4, -0.2) is 69.1 Å². The molecule has 1 aliphatic carbocycles. The first-order chi connectivity index (χ1) is 18.5. The van der Waals surface area contributed by atoms with Gasteiger partial charge in [-0.25, -0.2) is 9.78 Å². The molecule has 0 aromatic carbocycles. The first kappa shape index (κ1) is 24.9. The Bertz CT molecular complexity index is 1340. The molecule has 6 rings (SSSR count). The number of imide groups is 1. The molecule has 2 aromatic rings. The van der Waals surface area contributed by atoms with Gasteiger partial charge in [-0.05, 0) is 57.7 Å². The minimum atomic E-state index is -0.549. The molecule has 200 valence electrons. The Morgan fingerprint density at radius 3 is 2.79 bits per heavy atom. The summed E-state index contributed by atoms with van der Waals surface area (Å²) in [5.74, 6) is 0.328. The Labute approximate surface area is 224 Å². The number of thioether (sulfide) groups is 1. The van der Waals surface area contributed by atoms with Crippen molar-refractivity contribution in [2.45, 2.75) is 62.8 Å². The number of allylic oxidation sites excluding steroid dienone is 1. The maximum absolute atomic E-state index is 13.1. The molecule has 0 radical (unpaired) electrons. The van der Waals surface area contributed by atoms with Gasteiger partial charge in [0.2, 0.25) is 0 Å². The third-order valence-electron chi connectivity index (χ3n) is 7.31. The minimum Gasteiger partial charge on any atom is -0.367 e. The van der Waals surface area contributed by atoms with Crippen molar-refractivity contribution < 1.29 is 14.4 Å². The molecule has 1 saturated carbocycles. The SMILES string of the molecule is CCC(CN1CCCC1)NC(=O)C1=CCC(c2cc(NC3CC3)n3ncc(/C=C4\NC(=O)NC4=O)c3n2)S1. The van der Waals surface area contributed by atoms with Gasteiger partial charge in [-0.1, -0.05) is 13.0 Å². The van der Waals surface area contributed by atoms with Crippen LogP contribution < -0.4 is 21.3 Å². The quantitative estimate of drug-likeness (QED) is 0.284. The Morgan fingerprint density at radius 2 is 2.08 bits per heavy atom. The van der Waals surface area contributed by atoms with Gasteiger partial charge in [-0.2, -0.15) is 9.61 Å². The van der Waals surface area contributed by atoms with Crippen LogP contribution in [0.25, 0.3) is 11.7 Å². The number of anilines is 1. The van der Waals surface area contributed by atoms with Gasteiger partial charge < -0.3 is 20.9 Å². The standard InChI is InChI=1S/C26H32N8O3S/c1-2-16(14-33-9-3-4-10-33)29-25(36)21-8-7-20(38-21)18-12-22(28-17-5-6-17)34-23(30-18)15(13-27-34)11-19-24(35)32-26(37)31-19/h8,11-13,16-17,20,28H,2-7,9-10,14H2,1H3,(H,29,36)(H2,31,32,35,37)/b19-11-. The second-order valence-corrected chi connectivity index (χ2v) is 11.5. The zero-order valence-electron chi connectivity index (χ0n) is 21.3. The normalized spacial score (nSPS) is 23.6. The number of nitrogens with one attached hydrogen (secondary N) is 4. The van der Waals surface area contributed by atoms with E-state index in [1.165, 1.54) is 24.6 Å². The number of aromatic nitrogens is 3. The lowest BCUT2D eigenvalue weighted by molar-refractivity contribution is -0.117. The van der Waals surface area contributed by atoms with Crippen LogP contribution in [0.1, 0.15) is 62.0 Å². The zero-order chi connectivity index (χ0) is 26.2. The highest BCUT2D eigenvalue weighted by Crippen LogP contribution is 2.44. The molecule has 2 unspecified atom stereocenters. The third kappa shape index (κ3) is 5.28. The van der Waals surface area contributed by atoms with Crippen molar-refractivity contribution in [3.63, 3.8) is 0 Å². The van der Waals surface area contributed by atoms with Crippen molar-refractivity contribution in [2.24, 2.45) is 0 Å². The number of hydrogen-bond donors (Lipinski definition) is 4. The van der Waals surface area contributed by atoms with Gasteiger partial charge in [-0.3, -0.25) is 14.9 Å². The molecule has 3 fully saturated rings. The van der Waals surface area contributed by atoms with Gasteiger partial charge >= 0.3 is 6.03 Å². The van der Waals surface area contributed by atoms with E-state index >= 15 is 0 Å². The van der Waals surface area contributed by atoms with Crippen molar-refractivity contribution >= 4 is 47.1 Å². The smallest absolute Gasteiger partial charge is 0.326 e. The van der Waals surface area contributed by atoms with Crippen molar-refractivity contribution in [3.05, 3.63) is 40.2 Å². The van der Waals surface area contributed by atoms with E-state index in [0.717, 1.165) is 55.3 Å². The molecule has 11 nitrogen and oxygen atoms in total. The van der Waals surface area contributed by atoms with Crippen LogP contribution in [0.5, 0.6) is 0 Å². The van der Waals surface area contributed by atoms with Crippen LogP contribution in [0, 0.1) is 0 Å². The maximum atomic E-state index is 13.1. The molecule has 4 aliphatic rings. The summed E-state index contributed by atoms with van der Waals surface area (Å²) in [5, 5.41) is 16.0. The molecular weight excluding hydrogens is 504 g/mol. The van der Waals surface area contributed by atoms with E-state index in [-0.39, 0.29) is 22.9 Å². The largest absolute Gasteiger partial charge is 0.367 e. The maximum Gasteiger partial charge on any atom is 0.326 e. The molecule has 38 heavy (non-hydrogen) atoms. The van der Waals surface area contributed by atoms with Crippen LogP contribution in [0.4, 0.5) is 10.6 Å². The molecule has 0 bridgehead atoms. The van der Waals surface area contributed by atoms with Gasteiger partial charge in [0.25, 0.3) is 11.8 Å². The fraction of sp³-hybridized carbons (Fsp3) is 0.500. The number of amides is 4. The van der Waals surface area contributed by atoms with Gasteiger partial charge in [0.1, 0.15) is 11.5 Å². The molecule has 2 aromatic heterocycles. The lowest BCUT2D eigenvalue weighted by Gasteiger charge is -2.23. The Balaban J connectivity index is 1.21. The van der Waals surface area contributed by atoms with Crippen molar-refractivity contribution in [1.82, 2.24) is 35.4 Å². The lowest BCUT2D eigenvalue weighted by atomic mass is 10.2. The number of rotatable bonds is 9. The van der Waals surface area contributed by atoms with Crippen LogP contribution in [-0.2, 0) is 9.59 Å². The summed E-state index contributed by atoms with van der Waals surface area (Å²) in [5.41, 5.74) is 2.21. The summed E-state index contributed by atoms with van der Waals surface area (Å²) < 4.78 is 1.73. The van der Waals surface area contributed by atoms with E-state index in [1.54, 1.807) is 16.8 Å². The van der Waals surface area contributed by atoms with Gasteiger partial charge in [0, 0.05) is 30.3 Å². The Morgan fingerprint density at radius 1 is 1.26 bits per heavy atom. The molecule has 2 atom stereocenters. The number of likely N-dealkylation sites (tertiary alicyclic amines) is 1. The van der Waals surface area contributed by atoms with E-state index in [9.17, 15) is 14.4 Å². The monoisotopic (exact) mass is 536 g/mol. The minimum absolute atomic E-state index is 0.0101. The van der Waals surface area contributed by atoms with Crippen molar-refractivity contribution in [2.75, 3.05) is 25.0 Å². The fourth-order valence-corrected chi connectivity index (χ4v) is 6.14. The highest BCUT2D eigenvalue weighted by atomic mass is 32.2. The predicted molar refractivity (Wildman–Crippen MR) is 145 cm³/mol. The number of nitrogens with zero attached hydrogens (tertiary/aromatic N) is 4. The van der Waals surface area contributed by atoms with Crippen LogP contribution in [0.2, 0.25) is 0 Å². The number of carbonyl (C=O) groups excluding carboxylic acids is 3. The van der Waals surface area contributed by atoms with Crippen LogP contribution >= 0.6 is 11.8 Å². The van der Waals surface area contributed by atoms with E-state index in [2.05, 4.69) is 38.2 Å². The molecule has 2 saturated heterocycles. The number of urea groups is 1. The van der Waals surface area contributed by atoms with E-state index in [0.29, 0.717) is 23.7 Å². The second-order valence-electron chi connectivity index (χ2n) is 10.3. The first-order valence-electron chi connectivity index (χ1n) is 13.4. The van der Waals surface area contributed by atoms with Crippen molar-refractivity contribution in [3.8, 4) is 0 Å². The summed E-state index contributed by atoms with van der Waals surface area (Å²) >= 11 is 1.54. The summed E-state index contributed by atoms with van der Waals surface area (Å²) in [6, 6.07) is 2.00. The molecule has 4 amide bonds. The summed E-state index contributed by atoms with van der Waals surface area (Å²) in [7, 11) is 0. The topological polar surface area (TPSA) is 133 Å². The molecule has 12 heteroatoms. The highest BCUT2D eigenvalue weighted by molar-refractivity contribution is 8.04. The summed E-state index contributed by atoms with van der Waals surface area (Å²) in [6.07, 6.45) is 11.5. The van der Waals surface area contributed by atoms with Crippen molar-refractivity contribution in [1.29, 1.82) is 0 Å². The average Bonchev–Trinajstić information content (AvgIpc) is 3.32. The molecule has 5 heterocycles. The van der Waals surface area contributed by atoms with Crippen LogP contribution in [0.3, 0.4) is 0 Å². The van der Waals surface area contributed by atoms with Crippen LogP contribution in [0.15, 0.2) is 28.9 Å². The highest BCUT2D eigenvalue weighted by Gasteiger charge is 2.30. The Kier molecular flexibility index (Phi) is 6.83. The van der Waals surface area contributed by atoms with Gasteiger partial charge in [-0.15, -0.1) is 11.8 Å². The summed E-state index contributed by atoms with van der Waals surface area (Å²) in [6.45, 7) is 5.24. The summed E-state index contributed by atoms with van der Waals surface area (Å²) in [4.78, 5) is 44.8. The van der Waals surface area contributed by atoms with Gasteiger partial charge in [0.15, 0.2) is 5.65 Å². The first-order valence-corrected chi connectivity index (χ1v) is 14.2. The fourth-order valence-electron chi connectivity index (χ4n) is 5.04. The molecule has 3 aliphatic heterocycles. The molecule has 0 spiro atoms.